The molecule has 0 fully saturated rings. The number of hydrogen-bond acceptors (Lipinski definition) is 3. The van der Waals surface area contributed by atoms with Crippen molar-refractivity contribution in [1.29, 1.82) is 0 Å². The fourth-order valence-corrected chi connectivity index (χ4v) is 1.70. The molecule has 2 rings (SSSR count). The minimum absolute atomic E-state index is 0.162. The zero-order valence-corrected chi connectivity index (χ0v) is 11.1. The Hall–Kier alpha value is -1.88. The largest absolute Gasteiger partial charge is 0.478 e. The Morgan fingerprint density at radius 2 is 1.94 bits per heavy atom. The van der Waals surface area contributed by atoms with Gasteiger partial charge in [0.25, 0.3) is 0 Å². The zero-order chi connectivity index (χ0) is 13.1. The van der Waals surface area contributed by atoms with Gasteiger partial charge >= 0.3 is 5.97 Å². The molecule has 1 aromatic heterocycles. The number of aromatic carboxylic acids is 1. The van der Waals surface area contributed by atoms with Crippen molar-refractivity contribution < 1.29 is 14.6 Å². The lowest BCUT2D eigenvalue weighted by Gasteiger charge is -2.06. The van der Waals surface area contributed by atoms with Crippen LogP contribution in [0.1, 0.15) is 16.1 Å². The van der Waals surface area contributed by atoms with Gasteiger partial charge in [-0.1, -0.05) is 15.9 Å². The number of pyridine rings is 1. The number of carbonyl (C=O) groups is 1. The molecular formula is C13H10BrNO3. The zero-order valence-electron chi connectivity index (χ0n) is 9.55. The Kier molecular flexibility index (Phi) is 3.62. The molecule has 0 amide bonds. The lowest BCUT2D eigenvalue weighted by molar-refractivity contribution is 0.0696. The third kappa shape index (κ3) is 3.07. The van der Waals surface area contributed by atoms with Gasteiger partial charge in [-0.3, -0.25) is 0 Å². The molecule has 1 heterocycles. The summed E-state index contributed by atoms with van der Waals surface area (Å²) in [6.07, 6.45) is 0. The number of aromatic nitrogens is 1. The standard InChI is InChI=1S/C13H10BrNO3/c1-8-6-9(13(16)17)7-12(15-8)18-11-4-2-10(14)3-5-11/h2-7H,1H3,(H,16,17). The first-order valence-corrected chi connectivity index (χ1v) is 5.99. The van der Waals surface area contributed by atoms with Crippen LogP contribution in [0.25, 0.3) is 0 Å². The monoisotopic (exact) mass is 307 g/mol. The predicted molar refractivity (Wildman–Crippen MR) is 70.1 cm³/mol. The van der Waals surface area contributed by atoms with Gasteiger partial charge in [0.1, 0.15) is 5.75 Å². The third-order valence-corrected chi connectivity index (χ3v) is 2.74. The van der Waals surface area contributed by atoms with Crippen molar-refractivity contribution in [2.45, 2.75) is 6.92 Å². The second kappa shape index (κ2) is 5.18. The van der Waals surface area contributed by atoms with E-state index in [9.17, 15) is 4.79 Å². The Morgan fingerprint density at radius 3 is 2.56 bits per heavy atom. The Bertz CT molecular complexity index is 581. The summed E-state index contributed by atoms with van der Waals surface area (Å²) in [6.45, 7) is 1.72. The molecule has 1 N–H and O–H groups in total. The van der Waals surface area contributed by atoms with Crippen LogP contribution in [0, 0.1) is 6.92 Å². The fraction of sp³-hybridized carbons (Fsp3) is 0.0769. The van der Waals surface area contributed by atoms with Gasteiger partial charge in [-0.2, -0.15) is 0 Å². The van der Waals surface area contributed by atoms with E-state index in [1.165, 1.54) is 12.1 Å². The second-order valence-corrected chi connectivity index (χ2v) is 4.61. The van der Waals surface area contributed by atoms with Crippen molar-refractivity contribution in [1.82, 2.24) is 4.98 Å². The molecule has 18 heavy (non-hydrogen) atoms. The van der Waals surface area contributed by atoms with Crippen molar-refractivity contribution in [2.75, 3.05) is 0 Å². The average molecular weight is 308 g/mol. The summed E-state index contributed by atoms with van der Waals surface area (Å²) in [7, 11) is 0. The SMILES string of the molecule is Cc1cc(C(=O)O)cc(Oc2ccc(Br)cc2)n1. The highest BCUT2D eigenvalue weighted by molar-refractivity contribution is 9.10. The lowest BCUT2D eigenvalue weighted by Crippen LogP contribution is -1.99. The summed E-state index contributed by atoms with van der Waals surface area (Å²) in [6, 6.07) is 10.1. The topological polar surface area (TPSA) is 59.4 Å². The van der Waals surface area contributed by atoms with Gasteiger partial charge in [0.15, 0.2) is 0 Å². The molecule has 0 spiro atoms. The van der Waals surface area contributed by atoms with E-state index in [1.54, 1.807) is 19.1 Å². The maximum absolute atomic E-state index is 10.9. The molecule has 1 aromatic carbocycles. The van der Waals surface area contributed by atoms with Gasteiger partial charge < -0.3 is 9.84 Å². The molecule has 0 aliphatic heterocycles. The normalized spacial score (nSPS) is 10.1. The van der Waals surface area contributed by atoms with Crippen LogP contribution in [0.4, 0.5) is 0 Å². The lowest BCUT2D eigenvalue weighted by atomic mass is 10.2. The Balaban J connectivity index is 2.28. The van der Waals surface area contributed by atoms with Crippen LogP contribution in [0.15, 0.2) is 40.9 Å². The average Bonchev–Trinajstić information content (AvgIpc) is 2.31. The molecule has 0 bridgehead atoms. The van der Waals surface area contributed by atoms with Crippen LogP contribution in [0.3, 0.4) is 0 Å². The number of carboxylic acids is 1. The van der Waals surface area contributed by atoms with Crippen molar-refractivity contribution in [3.05, 3.63) is 52.1 Å². The van der Waals surface area contributed by atoms with Gasteiger partial charge in [0, 0.05) is 16.2 Å². The molecule has 4 nitrogen and oxygen atoms in total. The van der Waals surface area contributed by atoms with E-state index < -0.39 is 5.97 Å². The molecule has 0 saturated carbocycles. The van der Waals surface area contributed by atoms with Crippen LogP contribution >= 0.6 is 15.9 Å². The quantitative estimate of drug-likeness (QED) is 0.940. The summed E-state index contributed by atoms with van der Waals surface area (Å²) in [5, 5.41) is 8.95. The second-order valence-electron chi connectivity index (χ2n) is 3.70. The van der Waals surface area contributed by atoms with Crippen LogP contribution < -0.4 is 4.74 Å². The van der Waals surface area contributed by atoms with Crippen molar-refractivity contribution in [3.8, 4) is 11.6 Å². The summed E-state index contributed by atoms with van der Waals surface area (Å²) in [5.41, 5.74) is 0.761. The van der Waals surface area contributed by atoms with Gasteiger partial charge in [-0.05, 0) is 37.3 Å². The van der Waals surface area contributed by atoms with E-state index in [1.807, 2.05) is 12.1 Å². The van der Waals surface area contributed by atoms with E-state index in [2.05, 4.69) is 20.9 Å². The summed E-state index contributed by atoms with van der Waals surface area (Å²) in [5.74, 6) is -0.122. The molecule has 0 unspecified atom stereocenters. The van der Waals surface area contributed by atoms with Crippen LogP contribution in [-0.4, -0.2) is 16.1 Å². The molecule has 0 aliphatic carbocycles. The number of nitrogens with zero attached hydrogens (tertiary/aromatic N) is 1. The third-order valence-electron chi connectivity index (χ3n) is 2.21. The van der Waals surface area contributed by atoms with E-state index in [-0.39, 0.29) is 11.4 Å². The van der Waals surface area contributed by atoms with E-state index in [0.717, 1.165) is 4.47 Å². The molecule has 0 saturated heterocycles. The Morgan fingerprint density at radius 1 is 1.28 bits per heavy atom. The van der Waals surface area contributed by atoms with Crippen molar-refractivity contribution in [3.63, 3.8) is 0 Å². The number of benzene rings is 1. The minimum Gasteiger partial charge on any atom is -0.478 e. The maximum Gasteiger partial charge on any atom is 0.335 e. The van der Waals surface area contributed by atoms with Crippen LogP contribution in [-0.2, 0) is 0 Å². The summed E-state index contributed by atoms with van der Waals surface area (Å²) >= 11 is 3.32. The maximum atomic E-state index is 10.9. The molecule has 0 radical (unpaired) electrons. The summed E-state index contributed by atoms with van der Waals surface area (Å²) < 4.78 is 6.45. The van der Waals surface area contributed by atoms with E-state index in [4.69, 9.17) is 9.84 Å². The van der Waals surface area contributed by atoms with Crippen LogP contribution in [0.5, 0.6) is 11.6 Å². The van der Waals surface area contributed by atoms with E-state index in [0.29, 0.717) is 11.4 Å². The molecule has 92 valence electrons. The fourth-order valence-electron chi connectivity index (χ4n) is 1.44. The Labute approximate surface area is 112 Å². The first-order chi connectivity index (χ1) is 8.54. The molecule has 0 atom stereocenters. The number of aryl methyl sites for hydroxylation is 1. The van der Waals surface area contributed by atoms with Gasteiger partial charge in [0.05, 0.1) is 5.56 Å². The number of hydrogen-bond donors (Lipinski definition) is 1. The van der Waals surface area contributed by atoms with E-state index >= 15 is 0 Å². The highest BCUT2D eigenvalue weighted by Crippen LogP contribution is 2.23. The van der Waals surface area contributed by atoms with Crippen molar-refractivity contribution in [2.24, 2.45) is 0 Å². The molecule has 5 heteroatoms. The first-order valence-electron chi connectivity index (χ1n) is 5.20. The number of ether oxygens (including phenoxy) is 1. The van der Waals surface area contributed by atoms with Crippen molar-refractivity contribution >= 4 is 21.9 Å². The van der Waals surface area contributed by atoms with Crippen LogP contribution in [0.2, 0.25) is 0 Å². The number of carboxylic acid groups (broad SMARTS) is 1. The number of halogens is 1. The minimum atomic E-state index is -0.999. The number of rotatable bonds is 3. The first kappa shape index (κ1) is 12.6. The highest BCUT2D eigenvalue weighted by Gasteiger charge is 2.08. The predicted octanol–water partition coefficient (Wildman–Crippen LogP) is 3.64. The van der Waals surface area contributed by atoms with Gasteiger partial charge in [-0.25, -0.2) is 9.78 Å². The molecular weight excluding hydrogens is 298 g/mol. The smallest absolute Gasteiger partial charge is 0.335 e. The highest BCUT2D eigenvalue weighted by atomic mass is 79.9. The molecule has 2 aromatic rings. The van der Waals surface area contributed by atoms with Gasteiger partial charge in [0.2, 0.25) is 5.88 Å². The van der Waals surface area contributed by atoms with Gasteiger partial charge in [-0.15, -0.1) is 0 Å². The molecule has 0 aliphatic rings. The summed E-state index contributed by atoms with van der Waals surface area (Å²) in [4.78, 5) is 15.0.